The van der Waals surface area contributed by atoms with Crippen LogP contribution in [0.25, 0.3) is 0 Å². The van der Waals surface area contributed by atoms with Crippen LogP contribution in [0, 0.1) is 6.92 Å². The highest BCUT2D eigenvalue weighted by atomic mass is 16.5. The van der Waals surface area contributed by atoms with Crippen LogP contribution >= 0.6 is 0 Å². The molecule has 23 heavy (non-hydrogen) atoms. The van der Waals surface area contributed by atoms with Gasteiger partial charge in [-0.2, -0.15) is 0 Å². The van der Waals surface area contributed by atoms with Gasteiger partial charge in [0.05, 0.1) is 32.3 Å². The maximum absolute atomic E-state index is 9.25. The number of nitrogens with zero attached hydrogens (tertiary/aromatic N) is 3. The van der Waals surface area contributed by atoms with E-state index in [9.17, 15) is 5.11 Å². The molecular weight excluding hydrogens is 294 g/mol. The molecule has 0 radical (unpaired) electrons. The summed E-state index contributed by atoms with van der Waals surface area (Å²) < 4.78 is 11.3. The van der Waals surface area contributed by atoms with E-state index in [1.807, 2.05) is 12.1 Å². The molecule has 0 spiro atoms. The van der Waals surface area contributed by atoms with Crippen LogP contribution in [-0.2, 0) is 17.7 Å². The molecule has 1 aliphatic heterocycles. The third-order valence-corrected chi connectivity index (χ3v) is 4.29. The second kappa shape index (κ2) is 7.21. The van der Waals surface area contributed by atoms with Gasteiger partial charge in [0.1, 0.15) is 0 Å². The summed E-state index contributed by atoms with van der Waals surface area (Å²) in [5, 5.41) is 17.6. The molecule has 1 aliphatic rings. The summed E-state index contributed by atoms with van der Waals surface area (Å²) in [6.45, 7) is 6.07. The van der Waals surface area contributed by atoms with E-state index in [1.165, 1.54) is 11.1 Å². The van der Waals surface area contributed by atoms with E-state index in [1.54, 1.807) is 0 Å². The van der Waals surface area contributed by atoms with Crippen molar-refractivity contribution in [3.63, 3.8) is 0 Å². The van der Waals surface area contributed by atoms with Gasteiger partial charge >= 0.3 is 0 Å². The minimum atomic E-state index is -0.138. The van der Waals surface area contributed by atoms with E-state index in [0.717, 1.165) is 0 Å². The van der Waals surface area contributed by atoms with Gasteiger partial charge < -0.3 is 14.3 Å². The molecule has 0 bridgehead atoms. The summed E-state index contributed by atoms with van der Waals surface area (Å²) in [7, 11) is 0. The largest absolute Gasteiger partial charge is 0.424 e. The Morgan fingerprint density at radius 2 is 2.04 bits per heavy atom. The monoisotopic (exact) mass is 317 g/mol. The zero-order valence-electron chi connectivity index (χ0n) is 13.6. The van der Waals surface area contributed by atoms with Crippen LogP contribution in [0.1, 0.15) is 29.8 Å². The van der Waals surface area contributed by atoms with Crippen molar-refractivity contribution in [2.75, 3.05) is 19.8 Å². The molecule has 6 nitrogen and oxygen atoms in total. The molecule has 0 unspecified atom stereocenters. The number of benzene rings is 1. The second-order valence-electron chi connectivity index (χ2n) is 6.11. The van der Waals surface area contributed by atoms with Crippen molar-refractivity contribution >= 4 is 0 Å². The van der Waals surface area contributed by atoms with Gasteiger partial charge in [0.25, 0.3) is 0 Å². The van der Waals surface area contributed by atoms with E-state index < -0.39 is 0 Å². The number of hydrogen-bond acceptors (Lipinski definition) is 6. The lowest BCUT2D eigenvalue weighted by Crippen LogP contribution is -2.48. The summed E-state index contributed by atoms with van der Waals surface area (Å²) in [6, 6.07) is 8.47. The van der Waals surface area contributed by atoms with Gasteiger partial charge in [0, 0.05) is 12.6 Å². The Kier molecular flexibility index (Phi) is 5.05. The predicted molar refractivity (Wildman–Crippen MR) is 85.0 cm³/mol. The summed E-state index contributed by atoms with van der Waals surface area (Å²) in [6.07, 6.45) is 0.512. The molecule has 0 amide bonds. The maximum atomic E-state index is 9.25. The summed E-state index contributed by atoms with van der Waals surface area (Å²) in [5.74, 6) is 1.24. The number of aliphatic hydroxyl groups is 1. The first-order chi connectivity index (χ1) is 11.2. The molecule has 3 rings (SSSR count). The lowest BCUT2D eigenvalue weighted by Gasteiger charge is -2.36. The Hall–Kier alpha value is -1.76. The molecule has 1 fully saturated rings. The maximum Gasteiger partial charge on any atom is 0.230 e. The number of morpholine rings is 1. The van der Waals surface area contributed by atoms with E-state index in [0.29, 0.717) is 37.9 Å². The number of ether oxygens (including phenoxy) is 1. The fourth-order valence-electron chi connectivity index (χ4n) is 2.77. The first kappa shape index (κ1) is 16.1. The SMILES string of the molecule is Cc1ccccc1Cc1nnc(CN2C[C@@H](CO)OC[C@@H]2C)o1. The van der Waals surface area contributed by atoms with E-state index in [-0.39, 0.29) is 18.8 Å². The zero-order chi connectivity index (χ0) is 16.2. The Morgan fingerprint density at radius 1 is 1.26 bits per heavy atom. The van der Waals surface area contributed by atoms with Gasteiger partial charge in [-0.3, -0.25) is 4.90 Å². The lowest BCUT2D eigenvalue weighted by atomic mass is 10.1. The van der Waals surface area contributed by atoms with Crippen LogP contribution in [-0.4, -0.2) is 52.1 Å². The number of hydrogen-bond donors (Lipinski definition) is 1. The van der Waals surface area contributed by atoms with Crippen LogP contribution in [0.4, 0.5) is 0 Å². The van der Waals surface area contributed by atoms with Gasteiger partial charge in [0.15, 0.2) is 0 Å². The third-order valence-electron chi connectivity index (χ3n) is 4.29. The average Bonchev–Trinajstić information content (AvgIpc) is 2.99. The summed E-state index contributed by atoms with van der Waals surface area (Å²) in [4.78, 5) is 2.20. The molecular formula is C17H23N3O3. The normalized spacial score (nSPS) is 22.4. The minimum absolute atomic E-state index is 0.0333. The van der Waals surface area contributed by atoms with Crippen molar-refractivity contribution in [3.05, 3.63) is 47.2 Å². The highest BCUT2D eigenvalue weighted by Gasteiger charge is 2.27. The molecule has 1 aromatic carbocycles. The Labute approximate surface area is 136 Å². The minimum Gasteiger partial charge on any atom is -0.424 e. The highest BCUT2D eigenvalue weighted by Crippen LogP contribution is 2.17. The number of aliphatic hydroxyl groups excluding tert-OH is 1. The van der Waals surface area contributed by atoms with Crippen LogP contribution in [0.5, 0.6) is 0 Å². The smallest absolute Gasteiger partial charge is 0.230 e. The van der Waals surface area contributed by atoms with Crippen LogP contribution < -0.4 is 0 Å². The van der Waals surface area contributed by atoms with Crippen molar-refractivity contribution in [2.45, 2.75) is 39.0 Å². The Balaban J connectivity index is 1.64. The average molecular weight is 317 g/mol. The van der Waals surface area contributed by atoms with Crippen LogP contribution in [0.2, 0.25) is 0 Å². The molecule has 0 saturated carbocycles. The lowest BCUT2D eigenvalue weighted by molar-refractivity contribution is -0.0824. The number of aromatic nitrogens is 2. The van der Waals surface area contributed by atoms with Crippen LogP contribution in [0.3, 0.4) is 0 Å². The van der Waals surface area contributed by atoms with E-state index in [4.69, 9.17) is 9.15 Å². The highest BCUT2D eigenvalue weighted by molar-refractivity contribution is 5.27. The third kappa shape index (κ3) is 3.96. The molecule has 6 heteroatoms. The quantitative estimate of drug-likeness (QED) is 0.902. The van der Waals surface area contributed by atoms with Gasteiger partial charge in [-0.15, -0.1) is 10.2 Å². The van der Waals surface area contributed by atoms with Crippen molar-refractivity contribution in [2.24, 2.45) is 0 Å². The predicted octanol–water partition coefficient (Wildman–Crippen LogP) is 1.55. The van der Waals surface area contributed by atoms with Crippen molar-refractivity contribution in [1.82, 2.24) is 15.1 Å². The Morgan fingerprint density at radius 3 is 2.83 bits per heavy atom. The molecule has 0 aliphatic carbocycles. The van der Waals surface area contributed by atoms with E-state index >= 15 is 0 Å². The van der Waals surface area contributed by atoms with Crippen molar-refractivity contribution in [3.8, 4) is 0 Å². The van der Waals surface area contributed by atoms with Crippen LogP contribution in [0.15, 0.2) is 28.7 Å². The first-order valence-corrected chi connectivity index (χ1v) is 7.98. The summed E-state index contributed by atoms with van der Waals surface area (Å²) in [5.41, 5.74) is 2.42. The van der Waals surface area contributed by atoms with Gasteiger partial charge in [-0.05, 0) is 25.0 Å². The van der Waals surface area contributed by atoms with Gasteiger partial charge in [0.2, 0.25) is 11.8 Å². The second-order valence-corrected chi connectivity index (χ2v) is 6.11. The molecule has 2 heterocycles. The van der Waals surface area contributed by atoms with Gasteiger partial charge in [-0.25, -0.2) is 0 Å². The molecule has 1 aromatic heterocycles. The molecule has 124 valence electrons. The standard InChI is InChI=1S/C17H23N3O3/c1-12-5-3-4-6-14(12)7-16-18-19-17(23-16)9-20-8-15(10-21)22-11-13(20)2/h3-6,13,15,21H,7-11H2,1-2H3/t13-,15-/m0/s1. The molecule has 2 aromatic rings. The fourth-order valence-corrected chi connectivity index (χ4v) is 2.77. The van der Waals surface area contributed by atoms with Gasteiger partial charge in [-0.1, -0.05) is 24.3 Å². The molecule has 2 atom stereocenters. The fraction of sp³-hybridized carbons (Fsp3) is 0.529. The first-order valence-electron chi connectivity index (χ1n) is 7.98. The summed E-state index contributed by atoms with van der Waals surface area (Å²) >= 11 is 0. The zero-order valence-corrected chi connectivity index (χ0v) is 13.6. The molecule has 1 saturated heterocycles. The number of aryl methyl sites for hydroxylation is 1. The Bertz CT molecular complexity index is 644. The van der Waals surface area contributed by atoms with E-state index in [2.05, 4.69) is 41.1 Å². The van der Waals surface area contributed by atoms with Crippen molar-refractivity contribution in [1.29, 1.82) is 0 Å². The topological polar surface area (TPSA) is 71.6 Å². The van der Waals surface area contributed by atoms with Crippen molar-refractivity contribution < 1.29 is 14.3 Å². The number of rotatable bonds is 5. The molecule has 1 N–H and O–H groups in total.